The average molecular weight is 249 g/mol. The fourth-order valence-electron chi connectivity index (χ4n) is 2.54. The summed E-state index contributed by atoms with van der Waals surface area (Å²) < 4.78 is 5.11. The highest BCUT2D eigenvalue weighted by Gasteiger charge is 2.30. The van der Waals surface area contributed by atoms with E-state index in [-0.39, 0.29) is 17.4 Å². The van der Waals surface area contributed by atoms with E-state index in [9.17, 15) is 9.90 Å². The number of aromatic nitrogens is 1. The highest BCUT2D eigenvalue weighted by molar-refractivity contribution is 6.00. The van der Waals surface area contributed by atoms with E-state index < -0.39 is 6.10 Å². The number of nitrogens with zero attached hydrogens (tertiary/aromatic N) is 1. The lowest BCUT2D eigenvalue weighted by molar-refractivity contribution is 0.0526. The second-order valence-corrected chi connectivity index (χ2v) is 4.76. The molecule has 1 N–H and O–H groups in total. The van der Waals surface area contributed by atoms with Gasteiger partial charge in [0.25, 0.3) is 0 Å². The Hall–Kier alpha value is -1.42. The summed E-state index contributed by atoms with van der Waals surface area (Å²) in [4.78, 5) is 16.3. The molecule has 0 spiro atoms. The first-order valence-corrected chi connectivity index (χ1v) is 6.45. The number of methoxy groups -OCH3 is 1. The van der Waals surface area contributed by atoms with Crippen LogP contribution in [0.2, 0.25) is 0 Å². The first kappa shape index (κ1) is 13.0. The number of carbonyl (C=O) groups excluding carboxylic acids is 1. The first-order valence-electron chi connectivity index (χ1n) is 6.45. The molecule has 0 amide bonds. The minimum atomic E-state index is -0.950. The second kappa shape index (κ2) is 5.96. The van der Waals surface area contributed by atoms with Crippen LogP contribution in [0.25, 0.3) is 0 Å². The van der Waals surface area contributed by atoms with Crippen molar-refractivity contribution >= 4 is 5.78 Å². The zero-order chi connectivity index (χ0) is 13.0. The third-order valence-electron chi connectivity index (χ3n) is 3.59. The third kappa shape index (κ3) is 2.70. The minimum Gasteiger partial charge on any atom is -0.494 e. The van der Waals surface area contributed by atoms with Gasteiger partial charge in [0.15, 0.2) is 5.69 Å². The molecule has 1 aliphatic rings. The van der Waals surface area contributed by atoms with Crippen LogP contribution in [-0.4, -0.2) is 29.1 Å². The molecule has 1 aliphatic carbocycles. The Morgan fingerprint density at radius 3 is 2.83 bits per heavy atom. The molecule has 1 atom stereocenters. The van der Waals surface area contributed by atoms with Crippen LogP contribution in [0.15, 0.2) is 18.3 Å². The maximum Gasteiger partial charge on any atom is 0.213 e. The summed E-state index contributed by atoms with van der Waals surface area (Å²) in [6.07, 6.45) is 5.81. The van der Waals surface area contributed by atoms with E-state index in [2.05, 4.69) is 4.98 Å². The molecule has 1 unspecified atom stereocenters. The molecule has 98 valence electrons. The monoisotopic (exact) mass is 249 g/mol. The third-order valence-corrected chi connectivity index (χ3v) is 3.59. The molecule has 2 rings (SSSR count). The Morgan fingerprint density at radius 2 is 2.17 bits per heavy atom. The topological polar surface area (TPSA) is 59.4 Å². The van der Waals surface area contributed by atoms with Gasteiger partial charge in [-0.15, -0.1) is 0 Å². The van der Waals surface area contributed by atoms with Crippen molar-refractivity contribution in [2.45, 2.75) is 38.2 Å². The lowest BCUT2D eigenvalue weighted by Crippen LogP contribution is -2.31. The van der Waals surface area contributed by atoms with Crippen LogP contribution < -0.4 is 4.74 Å². The number of carbonyl (C=O) groups is 1. The molecule has 0 saturated heterocycles. The molecule has 0 bridgehead atoms. The fraction of sp³-hybridized carbons (Fsp3) is 0.571. The highest BCUT2D eigenvalue weighted by atomic mass is 16.5. The number of Topliss-reactive ketones (excluding diaryl/α,β-unsaturated/α-hetero) is 1. The van der Waals surface area contributed by atoms with Gasteiger partial charge in [-0.1, -0.05) is 19.3 Å². The van der Waals surface area contributed by atoms with E-state index in [1.807, 2.05) is 0 Å². The number of aliphatic hydroxyl groups is 1. The van der Waals surface area contributed by atoms with Gasteiger partial charge in [-0.05, 0) is 30.9 Å². The summed E-state index contributed by atoms with van der Waals surface area (Å²) in [6.45, 7) is 0. The van der Waals surface area contributed by atoms with Gasteiger partial charge in [0.1, 0.15) is 11.9 Å². The molecule has 0 aliphatic heterocycles. The van der Waals surface area contributed by atoms with Gasteiger partial charge in [0.05, 0.1) is 7.11 Å². The van der Waals surface area contributed by atoms with Crippen LogP contribution >= 0.6 is 0 Å². The van der Waals surface area contributed by atoms with Crippen molar-refractivity contribution < 1.29 is 14.6 Å². The molecule has 1 saturated carbocycles. The molecule has 1 aromatic heterocycles. The number of aliphatic hydroxyl groups excluding tert-OH is 1. The zero-order valence-electron chi connectivity index (χ0n) is 10.6. The first-order chi connectivity index (χ1) is 8.74. The van der Waals surface area contributed by atoms with E-state index in [0.717, 1.165) is 25.7 Å². The van der Waals surface area contributed by atoms with Crippen LogP contribution in [0, 0.1) is 5.92 Å². The Balaban J connectivity index is 2.14. The summed E-state index contributed by atoms with van der Waals surface area (Å²) in [7, 11) is 1.50. The number of hydrogen-bond acceptors (Lipinski definition) is 4. The largest absolute Gasteiger partial charge is 0.494 e. The van der Waals surface area contributed by atoms with Crippen molar-refractivity contribution in [1.29, 1.82) is 0 Å². The highest BCUT2D eigenvalue weighted by Crippen LogP contribution is 2.29. The van der Waals surface area contributed by atoms with E-state index >= 15 is 0 Å². The van der Waals surface area contributed by atoms with Gasteiger partial charge in [-0.25, -0.2) is 4.98 Å². The van der Waals surface area contributed by atoms with Crippen molar-refractivity contribution in [2.75, 3.05) is 7.11 Å². The smallest absolute Gasteiger partial charge is 0.213 e. The lowest BCUT2D eigenvalue weighted by atomic mass is 9.83. The standard InChI is InChI=1S/C14H19NO3/c1-18-11-8-5-9-15-12(11)14(17)13(16)10-6-3-2-4-7-10/h5,8-10,13,16H,2-4,6-7H2,1H3. The molecule has 1 fully saturated rings. The number of ether oxygens (including phenoxy) is 1. The van der Waals surface area contributed by atoms with Gasteiger partial charge >= 0.3 is 0 Å². The molecule has 4 nitrogen and oxygen atoms in total. The molecule has 0 radical (unpaired) electrons. The Labute approximate surface area is 107 Å². The van der Waals surface area contributed by atoms with Gasteiger partial charge in [-0.3, -0.25) is 4.79 Å². The van der Waals surface area contributed by atoms with Crippen molar-refractivity contribution in [3.8, 4) is 5.75 Å². The van der Waals surface area contributed by atoms with Crippen molar-refractivity contribution in [2.24, 2.45) is 5.92 Å². The summed E-state index contributed by atoms with van der Waals surface area (Å²) in [6, 6.07) is 3.40. The summed E-state index contributed by atoms with van der Waals surface area (Å²) in [5.74, 6) is 0.176. The summed E-state index contributed by atoms with van der Waals surface area (Å²) in [5.41, 5.74) is 0.234. The Morgan fingerprint density at radius 1 is 1.44 bits per heavy atom. The number of pyridine rings is 1. The molecular weight excluding hydrogens is 230 g/mol. The lowest BCUT2D eigenvalue weighted by Gasteiger charge is -2.25. The quantitative estimate of drug-likeness (QED) is 0.831. The van der Waals surface area contributed by atoms with E-state index in [0.29, 0.717) is 5.75 Å². The molecule has 0 aromatic carbocycles. The minimum absolute atomic E-state index is 0.0676. The molecule has 18 heavy (non-hydrogen) atoms. The summed E-state index contributed by atoms with van der Waals surface area (Å²) >= 11 is 0. The van der Waals surface area contributed by atoms with Crippen LogP contribution in [0.4, 0.5) is 0 Å². The molecule has 1 aromatic rings. The van der Waals surface area contributed by atoms with E-state index in [4.69, 9.17) is 4.74 Å². The van der Waals surface area contributed by atoms with Crippen LogP contribution in [0.1, 0.15) is 42.6 Å². The maximum atomic E-state index is 12.2. The maximum absolute atomic E-state index is 12.2. The second-order valence-electron chi connectivity index (χ2n) is 4.76. The molecule has 4 heteroatoms. The van der Waals surface area contributed by atoms with Gasteiger partial charge in [0.2, 0.25) is 5.78 Å². The Kier molecular flexibility index (Phi) is 4.31. The number of rotatable bonds is 4. The fourth-order valence-corrected chi connectivity index (χ4v) is 2.54. The van der Waals surface area contributed by atoms with Gasteiger partial charge < -0.3 is 9.84 Å². The molecular formula is C14H19NO3. The summed E-state index contributed by atoms with van der Waals surface area (Å²) in [5, 5.41) is 10.2. The zero-order valence-corrected chi connectivity index (χ0v) is 10.6. The number of ketones is 1. The van der Waals surface area contributed by atoms with E-state index in [1.165, 1.54) is 13.5 Å². The predicted molar refractivity (Wildman–Crippen MR) is 67.7 cm³/mol. The van der Waals surface area contributed by atoms with Crippen LogP contribution in [0.3, 0.4) is 0 Å². The Bertz CT molecular complexity index is 413. The van der Waals surface area contributed by atoms with Gasteiger partial charge in [-0.2, -0.15) is 0 Å². The average Bonchev–Trinajstić information content (AvgIpc) is 2.46. The normalized spacial score (nSPS) is 18.3. The van der Waals surface area contributed by atoms with Crippen LogP contribution in [-0.2, 0) is 0 Å². The van der Waals surface area contributed by atoms with Crippen molar-refractivity contribution in [1.82, 2.24) is 4.98 Å². The van der Waals surface area contributed by atoms with Crippen molar-refractivity contribution in [3.05, 3.63) is 24.0 Å². The molecule has 1 heterocycles. The van der Waals surface area contributed by atoms with Crippen molar-refractivity contribution in [3.63, 3.8) is 0 Å². The van der Waals surface area contributed by atoms with E-state index in [1.54, 1.807) is 18.3 Å². The number of hydrogen-bond donors (Lipinski definition) is 1. The predicted octanol–water partition coefficient (Wildman–Crippen LogP) is 2.21. The van der Waals surface area contributed by atoms with Gasteiger partial charge in [0, 0.05) is 6.20 Å². The van der Waals surface area contributed by atoms with Crippen LogP contribution in [0.5, 0.6) is 5.75 Å². The SMILES string of the molecule is COc1cccnc1C(=O)C(O)C1CCCCC1.